The number of anilines is 1. The molecule has 0 fully saturated rings. The van der Waals surface area contributed by atoms with Crippen molar-refractivity contribution in [3.63, 3.8) is 0 Å². The molecule has 0 aliphatic carbocycles. The number of aromatic nitrogens is 2. The van der Waals surface area contributed by atoms with Crippen LogP contribution in [-0.2, 0) is 0 Å². The van der Waals surface area contributed by atoms with Crippen molar-refractivity contribution < 1.29 is 4.74 Å². The minimum atomic E-state index is 0.116. The smallest absolute Gasteiger partial charge is 0.218 e. The Morgan fingerprint density at radius 2 is 2.19 bits per heavy atom. The molecule has 0 saturated heterocycles. The number of ether oxygens (including phenoxy) is 1. The number of hydrogen-bond acceptors (Lipinski definition) is 4. The highest BCUT2D eigenvalue weighted by Gasteiger charge is 2.04. The molecule has 1 heterocycles. The van der Waals surface area contributed by atoms with E-state index in [4.69, 9.17) is 16.3 Å². The minimum absolute atomic E-state index is 0.116. The van der Waals surface area contributed by atoms with Gasteiger partial charge in [0.1, 0.15) is 11.6 Å². The average Bonchev–Trinajstić information content (AvgIpc) is 2.25. The van der Waals surface area contributed by atoms with Crippen LogP contribution in [0.2, 0.25) is 0 Å². The maximum absolute atomic E-state index is 6.02. The van der Waals surface area contributed by atoms with Crippen molar-refractivity contribution in [2.45, 2.75) is 32.6 Å². The van der Waals surface area contributed by atoms with Gasteiger partial charge in [0.2, 0.25) is 5.88 Å². The van der Waals surface area contributed by atoms with Gasteiger partial charge >= 0.3 is 0 Å². The molecule has 0 saturated carbocycles. The van der Waals surface area contributed by atoms with E-state index in [0.717, 1.165) is 12.2 Å². The van der Waals surface area contributed by atoms with Crippen LogP contribution >= 0.6 is 11.6 Å². The molecule has 90 valence electrons. The molecule has 1 aromatic rings. The molecule has 1 atom stereocenters. The van der Waals surface area contributed by atoms with Crippen molar-refractivity contribution in [2.24, 2.45) is 0 Å². The van der Waals surface area contributed by atoms with E-state index in [1.807, 2.05) is 13.8 Å². The van der Waals surface area contributed by atoms with Crippen LogP contribution in [0.15, 0.2) is 6.07 Å². The van der Waals surface area contributed by atoms with Crippen LogP contribution in [0.1, 0.15) is 26.1 Å². The summed E-state index contributed by atoms with van der Waals surface area (Å²) in [6, 6.07) is 1.79. The number of nitrogens with one attached hydrogen (secondary N) is 1. The third-order valence-electron chi connectivity index (χ3n) is 2.05. The van der Waals surface area contributed by atoms with E-state index in [-0.39, 0.29) is 5.38 Å². The van der Waals surface area contributed by atoms with Crippen LogP contribution in [0.3, 0.4) is 0 Å². The largest absolute Gasteiger partial charge is 0.478 e. The minimum Gasteiger partial charge on any atom is -0.478 e. The zero-order chi connectivity index (χ0) is 12.0. The Morgan fingerprint density at radius 3 is 2.81 bits per heavy atom. The summed E-state index contributed by atoms with van der Waals surface area (Å²) in [4.78, 5) is 8.43. The summed E-state index contributed by atoms with van der Waals surface area (Å²) in [6.45, 7) is 7.11. The molecular formula is C11H18ClN3O. The van der Waals surface area contributed by atoms with E-state index < -0.39 is 0 Å². The maximum Gasteiger partial charge on any atom is 0.218 e. The normalized spacial score (nSPS) is 12.2. The van der Waals surface area contributed by atoms with Crippen LogP contribution in [0.4, 0.5) is 5.82 Å². The summed E-state index contributed by atoms with van der Waals surface area (Å²) in [5.41, 5.74) is 0. The Balaban J connectivity index is 2.64. The van der Waals surface area contributed by atoms with Gasteiger partial charge in [-0.15, -0.1) is 11.6 Å². The second-order valence-corrected chi connectivity index (χ2v) is 4.08. The van der Waals surface area contributed by atoms with Crippen molar-refractivity contribution in [1.82, 2.24) is 9.97 Å². The Hall–Kier alpha value is -1.03. The van der Waals surface area contributed by atoms with Crippen molar-refractivity contribution in [3.05, 3.63) is 11.9 Å². The molecule has 1 rings (SSSR count). The molecule has 0 aliphatic rings. The second-order valence-electron chi connectivity index (χ2n) is 3.46. The van der Waals surface area contributed by atoms with Gasteiger partial charge in [0.25, 0.3) is 0 Å². The number of aryl methyl sites for hydroxylation is 1. The zero-order valence-corrected chi connectivity index (χ0v) is 10.7. The van der Waals surface area contributed by atoms with Crippen LogP contribution in [0, 0.1) is 6.92 Å². The van der Waals surface area contributed by atoms with Gasteiger partial charge in [-0.1, -0.05) is 6.92 Å². The van der Waals surface area contributed by atoms with E-state index in [9.17, 15) is 0 Å². The highest BCUT2D eigenvalue weighted by molar-refractivity contribution is 6.20. The summed E-state index contributed by atoms with van der Waals surface area (Å²) in [5.74, 6) is 2.05. The summed E-state index contributed by atoms with van der Waals surface area (Å²) >= 11 is 6.02. The molecule has 0 amide bonds. The molecule has 1 unspecified atom stereocenters. The highest BCUT2D eigenvalue weighted by atomic mass is 35.5. The third kappa shape index (κ3) is 4.23. The van der Waals surface area contributed by atoms with Gasteiger partial charge in [0.15, 0.2) is 0 Å². The van der Waals surface area contributed by atoms with Crippen molar-refractivity contribution in [2.75, 3.05) is 18.5 Å². The first-order valence-electron chi connectivity index (χ1n) is 5.52. The number of rotatable bonds is 6. The second kappa shape index (κ2) is 6.53. The molecule has 0 bridgehead atoms. The van der Waals surface area contributed by atoms with Crippen molar-refractivity contribution in [3.8, 4) is 5.88 Å². The van der Waals surface area contributed by atoms with E-state index in [0.29, 0.717) is 24.9 Å². The number of alkyl halides is 1. The summed E-state index contributed by atoms with van der Waals surface area (Å²) in [6.07, 6.45) is 0.928. The lowest BCUT2D eigenvalue weighted by Crippen LogP contribution is -2.14. The lowest BCUT2D eigenvalue weighted by molar-refractivity contribution is 0.325. The maximum atomic E-state index is 6.02. The molecule has 5 heteroatoms. The number of hydrogen-bond donors (Lipinski definition) is 1. The summed E-state index contributed by atoms with van der Waals surface area (Å²) in [7, 11) is 0. The van der Waals surface area contributed by atoms with Gasteiger partial charge in [-0.2, -0.15) is 4.98 Å². The van der Waals surface area contributed by atoms with Gasteiger partial charge in [0, 0.05) is 12.6 Å². The van der Waals surface area contributed by atoms with Gasteiger partial charge in [-0.25, -0.2) is 4.98 Å². The van der Waals surface area contributed by atoms with Crippen molar-refractivity contribution in [1.29, 1.82) is 0 Å². The van der Waals surface area contributed by atoms with E-state index >= 15 is 0 Å². The molecule has 0 radical (unpaired) electrons. The Kier molecular flexibility index (Phi) is 5.32. The van der Waals surface area contributed by atoms with Crippen LogP contribution in [0.5, 0.6) is 5.88 Å². The predicted octanol–water partition coefficient (Wildman–Crippen LogP) is 2.61. The molecule has 0 aromatic carbocycles. The Bertz CT molecular complexity index is 333. The fourth-order valence-electron chi connectivity index (χ4n) is 1.21. The lowest BCUT2D eigenvalue weighted by Gasteiger charge is -2.10. The third-order valence-corrected chi connectivity index (χ3v) is 2.52. The monoisotopic (exact) mass is 243 g/mol. The first-order valence-corrected chi connectivity index (χ1v) is 5.95. The van der Waals surface area contributed by atoms with E-state index in [2.05, 4.69) is 22.2 Å². The highest BCUT2D eigenvalue weighted by Crippen LogP contribution is 2.14. The number of halogens is 1. The van der Waals surface area contributed by atoms with Crippen molar-refractivity contribution >= 4 is 17.4 Å². The fraction of sp³-hybridized carbons (Fsp3) is 0.636. The molecular weight excluding hydrogens is 226 g/mol. The van der Waals surface area contributed by atoms with Gasteiger partial charge in [-0.3, -0.25) is 0 Å². The zero-order valence-electron chi connectivity index (χ0n) is 9.96. The SMILES string of the molecule is CCOc1cc(NCC(Cl)CC)nc(C)n1. The van der Waals surface area contributed by atoms with E-state index in [1.165, 1.54) is 0 Å². The summed E-state index contributed by atoms with van der Waals surface area (Å²) < 4.78 is 5.34. The Labute approximate surface area is 101 Å². The number of nitrogens with zero attached hydrogens (tertiary/aromatic N) is 2. The molecule has 1 N–H and O–H groups in total. The Morgan fingerprint density at radius 1 is 1.44 bits per heavy atom. The standard InChI is InChI=1S/C11H18ClN3O/c1-4-9(12)7-13-10-6-11(16-5-2)15-8(3)14-10/h6,9H,4-5,7H2,1-3H3,(H,13,14,15). The molecule has 4 nitrogen and oxygen atoms in total. The molecule has 1 aromatic heterocycles. The fourth-order valence-corrected chi connectivity index (χ4v) is 1.29. The van der Waals surface area contributed by atoms with Gasteiger partial charge in [-0.05, 0) is 20.3 Å². The average molecular weight is 244 g/mol. The van der Waals surface area contributed by atoms with E-state index in [1.54, 1.807) is 6.07 Å². The molecule has 0 spiro atoms. The van der Waals surface area contributed by atoms with Crippen LogP contribution in [0.25, 0.3) is 0 Å². The topological polar surface area (TPSA) is 47.0 Å². The predicted molar refractivity (Wildman–Crippen MR) is 66.4 cm³/mol. The summed E-state index contributed by atoms with van der Waals surface area (Å²) in [5, 5.41) is 3.29. The first-order chi connectivity index (χ1) is 7.65. The quantitative estimate of drug-likeness (QED) is 0.781. The molecule has 0 aliphatic heterocycles. The lowest BCUT2D eigenvalue weighted by atomic mass is 10.3. The van der Waals surface area contributed by atoms with Gasteiger partial charge < -0.3 is 10.1 Å². The van der Waals surface area contributed by atoms with Gasteiger partial charge in [0.05, 0.1) is 12.0 Å². The van der Waals surface area contributed by atoms with Crippen LogP contribution < -0.4 is 10.1 Å². The van der Waals surface area contributed by atoms with Crippen LogP contribution in [-0.4, -0.2) is 28.5 Å². The molecule has 16 heavy (non-hydrogen) atoms. The first kappa shape index (κ1) is 13.0.